The highest BCUT2D eigenvalue weighted by molar-refractivity contribution is 6.62. The van der Waals surface area contributed by atoms with Crippen molar-refractivity contribution >= 4 is 17.0 Å². The quantitative estimate of drug-likeness (QED) is 0.246. The fourth-order valence-electron chi connectivity index (χ4n) is 0.183. The normalized spacial score (nSPS) is 8.88. The van der Waals surface area contributed by atoms with Crippen molar-refractivity contribution in [3.05, 3.63) is 0 Å². The molecule has 0 radical (unpaired) electrons. The number of carbonyl (C=O) groups excluding carboxylic acids is 1. The van der Waals surface area contributed by atoms with Crippen LogP contribution in [-0.4, -0.2) is 33.9 Å². The standard InChI is InChI=1S/C3H6ClNO3/c4-3(7)5(8)1-2-6/h6,8H,1-2H2. The molecular formula is C3H6ClNO3. The van der Waals surface area contributed by atoms with Crippen molar-refractivity contribution in [2.45, 2.75) is 0 Å². The van der Waals surface area contributed by atoms with E-state index in [-0.39, 0.29) is 18.2 Å². The highest BCUT2D eigenvalue weighted by Crippen LogP contribution is 1.88. The molecule has 0 fully saturated rings. The summed E-state index contributed by atoms with van der Waals surface area (Å²) in [5.74, 6) is 0. The molecule has 0 saturated heterocycles. The first-order valence-corrected chi connectivity index (χ1v) is 2.33. The maximum atomic E-state index is 9.86. The number of hydroxylamine groups is 2. The minimum Gasteiger partial charge on any atom is -0.394 e. The Labute approximate surface area is 51.2 Å². The van der Waals surface area contributed by atoms with Gasteiger partial charge in [0.05, 0.1) is 13.2 Å². The third-order valence-electron chi connectivity index (χ3n) is 0.515. The van der Waals surface area contributed by atoms with Gasteiger partial charge in [-0.2, -0.15) is 0 Å². The number of hydrogen-bond donors (Lipinski definition) is 2. The summed E-state index contributed by atoms with van der Waals surface area (Å²) in [4.78, 5) is 9.86. The van der Waals surface area contributed by atoms with Gasteiger partial charge in [0, 0.05) is 0 Å². The van der Waals surface area contributed by atoms with Crippen molar-refractivity contribution < 1.29 is 15.1 Å². The van der Waals surface area contributed by atoms with E-state index in [4.69, 9.17) is 21.9 Å². The molecule has 0 saturated carbocycles. The predicted octanol–water partition coefficient (Wildman–Crippen LogP) is 0.0287. The molecule has 0 aliphatic carbocycles. The van der Waals surface area contributed by atoms with Gasteiger partial charge in [-0.3, -0.25) is 10.0 Å². The molecule has 0 aromatic rings. The van der Waals surface area contributed by atoms with E-state index >= 15 is 0 Å². The number of carbonyl (C=O) groups is 1. The zero-order chi connectivity index (χ0) is 6.57. The van der Waals surface area contributed by atoms with Gasteiger partial charge in [-0.05, 0) is 11.6 Å². The van der Waals surface area contributed by atoms with Crippen molar-refractivity contribution in [1.82, 2.24) is 5.06 Å². The summed E-state index contributed by atoms with van der Waals surface area (Å²) in [7, 11) is 0. The minimum atomic E-state index is -0.987. The summed E-state index contributed by atoms with van der Waals surface area (Å²) < 4.78 is 0. The minimum absolute atomic E-state index is 0.150. The van der Waals surface area contributed by atoms with Crippen LogP contribution in [0.2, 0.25) is 0 Å². The van der Waals surface area contributed by atoms with E-state index in [1.54, 1.807) is 0 Å². The van der Waals surface area contributed by atoms with Gasteiger partial charge >= 0.3 is 5.37 Å². The van der Waals surface area contributed by atoms with Crippen LogP contribution >= 0.6 is 11.6 Å². The van der Waals surface area contributed by atoms with Gasteiger partial charge in [0.1, 0.15) is 0 Å². The number of nitrogens with zero attached hydrogens (tertiary/aromatic N) is 1. The monoisotopic (exact) mass is 139 g/mol. The topological polar surface area (TPSA) is 60.8 Å². The highest BCUT2D eigenvalue weighted by atomic mass is 35.5. The molecule has 0 aliphatic heterocycles. The second kappa shape index (κ2) is 3.65. The molecule has 0 unspecified atom stereocenters. The first kappa shape index (κ1) is 7.68. The molecule has 0 aliphatic rings. The smallest absolute Gasteiger partial charge is 0.339 e. The SMILES string of the molecule is O=C(Cl)N(O)CCO. The lowest BCUT2D eigenvalue weighted by Gasteiger charge is -2.06. The van der Waals surface area contributed by atoms with E-state index < -0.39 is 5.37 Å². The number of aliphatic hydroxyl groups is 1. The lowest BCUT2D eigenvalue weighted by atomic mass is 10.7. The molecule has 0 atom stereocenters. The van der Waals surface area contributed by atoms with Gasteiger partial charge in [-0.15, -0.1) is 0 Å². The van der Waals surface area contributed by atoms with Crippen LogP contribution < -0.4 is 0 Å². The predicted molar refractivity (Wildman–Crippen MR) is 26.8 cm³/mol. The molecule has 0 bridgehead atoms. The summed E-state index contributed by atoms with van der Waals surface area (Å²) in [6, 6.07) is 0. The maximum Gasteiger partial charge on any atom is 0.339 e. The molecule has 48 valence electrons. The Hall–Kier alpha value is -0.320. The van der Waals surface area contributed by atoms with Gasteiger partial charge < -0.3 is 5.11 Å². The van der Waals surface area contributed by atoms with Gasteiger partial charge in [-0.1, -0.05) is 0 Å². The van der Waals surface area contributed by atoms with Crippen LogP contribution in [0.4, 0.5) is 4.79 Å². The molecule has 5 heteroatoms. The third-order valence-corrected chi connectivity index (χ3v) is 0.710. The fourth-order valence-corrected chi connectivity index (χ4v) is 0.267. The zero-order valence-electron chi connectivity index (χ0n) is 4.04. The van der Waals surface area contributed by atoms with Crippen molar-refractivity contribution in [3.63, 3.8) is 0 Å². The first-order chi connectivity index (χ1) is 3.68. The molecule has 0 heterocycles. The van der Waals surface area contributed by atoms with Crippen LogP contribution in [0.15, 0.2) is 0 Å². The molecule has 0 rings (SSSR count). The molecular weight excluding hydrogens is 133 g/mol. The Kier molecular flexibility index (Phi) is 3.51. The maximum absolute atomic E-state index is 9.86. The van der Waals surface area contributed by atoms with Crippen molar-refractivity contribution in [2.75, 3.05) is 13.2 Å². The molecule has 0 aromatic heterocycles. The molecule has 4 nitrogen and oxygen atoms in total. The van der Waals surface area contributed by atoms with E-state index in [0.717, 1.165) is 0 Å². The molecule has 1 amide bonds. The third kappa shape index (κ3) is 2.79. The number of halogens is 1. The molecule has 8 heavy (non-hydrogen) atoms. The van der Waals surface area contributed by atoms with Gasteiger partial charge in [-0.25, -0.2) is 5.06 Å². The van der Waals surface area contributed by atoms with Crippen LogP contribution in [0.5, 0.6) is 0 Å². The fraction of sp³-hybridized carbons (Fsp3) is 0.667. The zero-order valence-corrected chi connectivity index (χ0v) is 4.80. The number of amides is 1. The largest absolute Gasteiger partial charge is 0.394 e. The van der Waals surface area contributed by atoms with Crippen molar-refractivity contribution in [2.24, 2.45) is 0 Å². The Bertz CT molecular complexity index is 86.6. The van der Waals surface area contributed by atoms with Gasteiger partial charge in [0.2, 0.25) is 0 Å². The Morgan fingerprint density at radius 2 is 2.25 bits per heavy atom. The van der Waals surface area contributed by atoms with E-state index in [1.807, 2.05) is 0 Å². The van der Waals surface area contributed by atoms with E-state index in [2.05, 4.69) is 0 Å². The van der Waals surface area contributed by atoms with Crippen LogP contribution in [-0.2, 0) is 0 Å². The Balaban J connectivity index is 3.32. The summed E-state index contributed by atoms with van der Waals surface area (Å²) in [6.45, 7) is -0.447. The van der Waals surface area contributed by atoms with Crippen LogP contribution in [0, 0.1) is 0 Å². The van der Waals surface area contributed by atoms with E-state index in [0.29, 0.717) is 0 Å². The Morgan fingerprint density at radius 1 is 1.75 bits per heavy atom. The van der Waals surface area contributed by atoms with Crippen LogP contribution in [0.3, 0.4) is 0 Å². The van der Waals surface area contributed by atoms with Crippen molar-refractivity contribution in [1.29, 1.82) is 0 Å². The van der Waals surface area contributed by atoms with Crippen LogP contribution in [0.25, 0.3) is 0 Å². The van der Waals surface area contributed by atoms with Crippen LogP contribution in [0.1, 0.15) is 0 Å². The molecule has 0 spiro atoms. The van der Waals surface area contributed by atoms with Crippen molar-refractivity contribution in [3.8, 4) is 0 Å². The summed E-state index contributed by atoms with van der Waals surface area (Å²) in [6.07, 6.45) is 0. The number of rotatable bonds is 2. The highest BCUT2D eigenvalue weighted by Gasteiger charge is 2.03. The average Bonchev–Trinajstić information content (AvgIpc) is 1.67. The van der Waals surface area contributed by atoms with Gasteiger partial charge in [0.15, 0.2) is 0 Å². The van der Waals surface area contributed by atoms with Gasteiger partial charge in [0.25, 0.3) is 0 Å². The van der Waals surface area contributed by atoms with E-state index in [9.17, 15) is 4.79 Å². The summed E-state index contributed by atoms with van der Waals surface area (Å²) in [5, 5.41) is 15.6. The lowest BCUT2D eigenvalue weighted by Crippen LogP contribution is -2.24. The second-order valence-corrected chi connectivity index (χ2v) is 1.42. The summed E-state index contributed by atoms with van der Waals surface area (Å²) in [5.41, 5.74) is 0. The summed E-state index contributed by atoms with van der Waals surface area (Å²) >= 11 is 4.73. The Morgan fingerprint density at radius 3 is 2.38 bits per heavy atom. The second-order valence-electron chi connectivity index (χ2n) is 1.10. The molecule has 2 N–H and O–H groups in total. The lowest BCUT2D eigenvalue weighted by molar-refractivity contribution is -0.0416. The first-order valence-electron chi connectivity index (χ1n) is 1.95. The number of aliphatic hydroxyl groups excluding tert-OH is 1. The van der Waals surface area contributed by atoms with E-state index in [1.165, 1.54) is 0 Å². The average molecular weight is 140 g/mol. The number of hydrogen-bond acceptors (Lipinski definition) is 3. The molecule has 0 aromatic carbocycles.